The number of nitrogens with zero attached hydrogens (tertiary/aromatic N) is 1. The van der Waals surface area contributed by atoms with E-state index in [0.717, 1.165) is 25.2 Å². The number of nitrogens with one attached hydrogen (secondary N) is 1. The number of pyridine rings is 1. The topological polar surface area (TPSA) is 62.2 Å². The zero-order valence-electron chi connectivity index (χ0n) is 12.6. The van der Waals surface area contributed by atoms with E-state index < -0.39 is 0 Å². The van der Waals surface area contributed by atoms with E-state index in [1.165, 1.54) is 0 Å². The van der Waals surface area contributed by atoms with E-state index in [4.69, 9.17) is 5.11 Å². The van der Waals surface area contributed by atoms with Gasteiger partial charge in [0, 0.05) is 12.2 Å². The lowest BCUT2D eigenvalue weighted by Gasteiger charge is -2.32. The number of carbonyl (C=O) groups is 1. The summed E-state index contributed by atoms with van der Waals surface area (Å²) in [4.78, 5) is 16.5. The maximum atomic E-state index is 12.4. The molecular weight excluding hydrogens is 264 g/mol. The van der Waals surface area contributed by atoms with Crippen LogP contribution < -0.4 is 5.32 Å². The number of aromatic nitrogens is 1. The number of aliphatic hydroxyl groups is 1. The number of hydrogen-bond acceptors (Lipinski definition) is 3. The van der Waals surface area contributed by atoms with Crippen LogP contribution in [-0.4, -0.2) is 28.6 Å². The van der Waals surface area contributed by atoms with Gasteiger partial charge >= 0.3 is 0 Å². The molecule has 112 valence electrons. The molecule has 0 aliphatic heterocycles. The molecule has 0 radical (unpaired) electrons. The largest absolute Gasteiger partial charge is 0.384 e. The molecule has 1 saturated carbocycles. The van der Waals surface area contributed by atoms with Gasteiger partial charge in [-0.25, -0.2) is 4.98 Å². The number of amides is 1. The minimum absolute atomic E-state index is 0.176. The fourth-order valence-corrected chi connectivity index (χ4v) is 2.75. The second-order valence-corrected chi connectivity index (χ2v) is 5.80. The first-order valence-electron chi connectivity index (χ1n) is 7.47. The highest BCUT2D eigenvalue weighted by molar-refractivity contribution is 5.94. The van der Waals surface area contributed by atoms with Crippen molar-refractivity contribution >= 4 is 5.91 Å². The summed E-state index contributed by atoms with van der Waals surface area (Å²) in [7, 11) is 0. The highest BCUT2D eigenvalue weighted by Crippen LogP contribution is 2.29. The van der Waals surface area contributed by atoms with Crippen molar-refractivity contribution in [2.24, 2.45) is 11.8 Å². The normalized spacial score (nSPS) is 24.8. The van der Waals surface area contributed by atoms with Crippen molar-refractivity contribution in [1.82, 2.24) is 10.3 Å². The number of aliphatic hydroxyl groups excluding tert-OH is 1. The lowest BCUT2D eigenvalue weighted by Crippen LogP contribution is -2.40. The van der Waals surface area contributed by atoms with Crippen LogP contribution in [-0.2, 0) is 0 Å². The predicted molar refractivity (Wildman–Crippen MR) is 81.6 cm³/mol. The average molecular weight is 286 g/mol. The second-order valence-electron chi connectivity index (χ2n) is 5.80. The van der Waals surface area contributed by atoms with Crippen LogP contribution >= 0.6 is 0 Å². The molecule has 1 heterocycles. The predicted octanol–water partition coefficient (Wildman–Crippen LogP) is 1.98. The van der Waals surface area contributed by atoms with Gasteiger partial charge in [-0.1, -0.05) is 25.7 Å². The molecule has 0 bridgehead atoms. The highest BCUT2D eigenvalue weighted by Gasteiger charge is 2.26. The first kappa shape index (κ1) is 15.5. The summed E-state index contributed by atoms with van der Waals surface area (Å²) in [6, 6.07) is 3.70. The van der Waals surface area contributed by atoms with Gasteiger partial charge in [0.25, 0.3) is 5.91 Å². The molecule has 1 fully saturated rings. The van der Waals surface area contributed by atoms with Crippen LogP contribution in [0.4, 0.5) is 0 Å². The molecule has 0 aromatic carbocycles. The van der Waals surface area contributed by atoms with Gasteiger partial charge in [-0.3, -0.25) is 4.79 Å². The first-order chi connectivity index (χ1) is 10.1. The Morgan fingerprint density at radius 2 is 2.24 bits per heavy atom. The molecule has 0 spiro atoms. The monoisotopic (exact) mass is 286 g/mol. The zero-order valence-corrected chi connectivity index (χ0v) is 12.6. The summed E-state index contributed by atoms with van der Waals surface area (Å²) in [5.41, 5.74) is 0.894. The Hall–Kier alpha value is -1.86. The lowest BCUT2D eigenvalue weighted by atomic mass is 9.79. The molecule has 2 rings (SSSR count). The van der Waals surface area contributed by atoms with Crippen molar-refractivity contribution in [3.8, 4) is 11.8 Å². The molecule has 1 aliphatic rings. The smallest absolute Gasteiger partial charge is 0.271 e. The summed E-state index contributed by atoms with van der Waals surface area (Å²) in [6.45, 7) is 4.28. The van der Waals surface area contributed by atoms with Gasteiger partial charge in [0.2, 0.25) is 0 Å². The Balaban J connectivity index is 2.07. The van der Waals surface area contributed by atoms with Crippen LogP contribution in [0.2, 0.25) is 0 Å². The molecule has 1 amide bonds. The van der Waals surface area contributed by atoms with E-state index in [1.54, 1.807) is 18.3 Å². The molecule has 2 N–H and O–H groups in total. The minimum Gasteiger partial charge on any atom is -0.384 e. The van der Waals surface area contributed by atoms with Gasteiger partial charge in [0.05, 0.1) is 5.56 Å². The number of carbonyl (C=O) groups excluding carboxylic acids is 1. The third kappa shape index (κ3) is 4.05. The van der Waals surface area contributed by atoms with Gasteiger partial charge in [-0.05, 0) is 43.2 Å². The standard InChI is InChI=1S/C17H22N2O2/c1-12-7-8-15(11-13(12)2)19-17(21)16-14(6-4-10-20)5-3-9-18-16/h3,5,9,12-13,15,20H,7-8,10-11H2,1-2H3,(H,19,21). The van der Waals surface area contributed by atoms with Gasteiger partial charge in [-0.15, -0.1) is 0 Å². The summed E-state index contributed by atoms with van der Waals surface area (Å²) >= 11 is 0. The van der Waals surface area contributed by atoms with E-state index in [-0.39, 0.29) is 18.6 Å². The molecule has 1 aromatic heterocycles. The van der Waals surface area contributed by atoms with Crippen LogP contribution in [0.25, 0.3) is 0 Å². The van der Waals surface area contributed by atoms with Crippen LogP contribution in [0.5, 0.6) is 0 Å². The van der Waals surface area contributed by atoms with Crippen LogP contribution in [0.15, 0.2) is 18.3 Å². The number of rotatable bonds is 2. The van der Waals surface area contributed by atoms with Crippen molar-refractivity contribution in [1.29, 1.82) is 0 Å². The molecule has 4 nitrogen and oxygen atoms in total. The minimum atomic E-state index is -0.228. The fraction of sp³-hybridized carbons (Fsp3) is 0.529. The lowest BCUT2D eigenvalue weighted by molar-refractivity contribution is 0.0905. The Bertz CT molecular complexity index is 559. The van der Waals surface area contributed by atoms with Crippen molar-refractivity contribution < 1.29 is 9.90 Å². The van der Waals surface area contributed by atoms with Crippen molar-refractivity contribution in [3.05, 3.63) is 29.6 Å². The maximum Gasteiger partial charge on any atom is 0.271 e. The summed E-state index contributed by atoms with van der Waals surface area (Å²) in [5.74, 6) is 6.51. The fourth-order valence-electron chi connectivity index (χ4n) is 2.75. The zero-order chi connectivity index (χ0) is 15.2. The molecule has 21 heavy (non-hydrogen) atoms. The molecular formula is C17H22N2O2. The van der Waals surface area contributed by atoms with Crippen molar-refractivity contribution in [2.75, 3.05) is 6.61 Å². The van der Waals surface area contributed by atoms with E-state index in [1.807, 2.05) is 0 Å². The average Bonchev–Trinajstić information content (AvgIpc) is 2.49. The van der Waals surface area contributed by atoms with E-state index in [9.17, 15) is 4.79 Å². The molecule has 1 aromatic rings. The Morgan fingerprint density at radius 1 is 1.43 bits per heavy atom. The Kier molecular flexibility index (Phi) is 5.35. The van der Waals surface area contributed by atoms with Crippen LogP contribution in [0.1, 0.15) is 49.2 Å². The Labute approximate surface area is 126 Å². The highest BCUT2D eigenvalue weighted by atomic mass is 16.2. The van der Waals surface area contributed by atoms with Gasteiger partial charge in [0.15, 0.2) is 0 Å². The van der Waals surface area contributed by atoms with Crippen LogP contribution in [0, 0.1) is 23.7 Å². The van der Waals surface area contributed by atoms with Gasteiger partial charge in [-0.2, -0.15) is 0 Å². The SMILES string of the molecule is CC1CCC(NC(=O)c2ncccc2C#CCO)CC1C. The molecule has 3 unspecified atom stereocenters. The molecule has 1 aliphatic carbocycles. The quantitative estimate of drug-likeness (QED) is 0.817. The third-order valence-electron chi connectivity index (χ3n) is 4.26. The van der Waals surface area contributed by atoms with E-state index >= 15 is 0 Å². The molecule has 4 heteroatoms. The van der Waals surface area contributed by atoms with Gasteiger partial charge in [0.1, 0.15) is 12.3 Å². The summed E-state index contributed by atoms with van der Waals surface area (Å²) < 4.78 is 0. The van der Waals surface area contributed by atoms with Crippen LogP contribution in [0.3, 0.4) is 0 Å². The summed E-state index contributed by atoms with van der Waals surface area (Å²) in [6.07, 6.45) is 4.76. The summed E-state index contributed by atoms with van der Waals surface area (Å²) in [5, 5.41) is 11.8. The second kappa shape index (κ2) is 7.24. The molecule has 0 saturated heterocycles. The first-order valence-corrected chi connectivity index (χ1v) is 7.47. The number of hydrogen-bond donors (Lipinski definition) is 2. The third-order valence-corrected chi connectivity index (χ3v) is 4.26. The van der Waals surface area contributed by atoms with Gasteiger partial charge < -0.3 is 10.4 Å². The maximum absolute atomic E-state index is 12.4. The van der Waals surface area contributed by atoms with Crippen molar-refractivity contribution in [2.45, 2.75) is 39.2 Å². The van der Waals surface area contributed by atoms with E-state index in [2.05, 4.69) is 36.0 Å². The van der Waals surface area contributed by atoms with E-state index in [0.29, 0.717) is 17.2 Å². The van der Waals surface area contributed by atoms with Crippen molar-refractivity contribution in [3.63, 3.8) is 0 Å². The Morgan fingerprint density at radius 3 is 2.95 bits per heavy atom. The molecule has 3 atom stereocenters.